The predicted octanol–water partition coefficient (Wildman–Crippen LogP) is 6.08. The average Bonchev–Trinajstić information content (AvgIpc) is 3.25. The third kappa shape index (κ3) is 4.41. The first-order chi connectivity index (χ1) is 18.0. The minimum Gasteiger partial charge on any atom is -0.457 e. The highest BCUT2D eigenvalue weighted by Gasteiger charge is 2.34. The van der Waals surface area contributed by atoms with Crippen molar-refractivity contribution in [1.29, 1.82) is 0 Å². The van der Waals surface area contributed by atoms with Crippen LogP contribution in [0.3, 0.4) is 0 Å². The Morgan fingerprint density at radius 2 is 1.97 bits per heavy atom. The van der Waals surface area contributed by atoms with Gasteiger partial charge in [-0.25, -0.2) is 9.78 Å². The molecule has 3 amide bonds. The lowest BCUT2D eigenvalue weighted by Crippen LogP contribution is -2.42. The number of aryl methyl sites for hydroxylation is 1. The molecular formula is C28H27N5O3S. The molecule has 2 aromatic carbocycles. The van der Waals surface area contributed by atoms with Gasteiger partial charge in [0.25, 0.3) is 5.91 Å². The number of rotatable bonds is 5. The second-order valence-corrected chi connectivity index (χ2v) is 10.5. The first-order valence-electron chi connectivity index (χ1n) is 12.4. The van der Waals surface area contributed by atoms with Crippen LogP contribution in [0.2, 0.25) is 0 Å². The summed E-state index contributed by atoms with van der Waals surface area (Å²) < 4.78 is 5.96. The molecule has 4 N–H and O–H groups in total. The number of aromatic nitrogens is 1. The van der Waals surface area contributed by atoms with Gasteiger partial charge in [0.1, 0.15) is 21.2 Å². The van der Waals surface area contributed by atoms with Crippen LogP contribution in [0, 0.1) is 6.92 Å². The Morgan fingerprint density at radius 3 is 2.76 bits per heavy atom. The monoisotopic (exact) mass is 513 g/mol. The van der Waals surface area contributed by atoms with Crippen LogP contribution in [0.5, 0.6) is 11.5 Å². The van der Waals surface area contributed by atoms with Crippen molar-refractivity contribution in [1.82, 2.24) is 10.3 Å². The topological polar surface area (TPSA) is 110 Å². The molecule has 1 aliphatic heterocycles. The first kappa shape index (κ1) is 23.4. The lowest BCUT2D eigenvalue weighted by molar-refractivity contribution is 0.0930. The van der Waals surface area contributed by atoms with Crippen LogP contribution in [0.25, 0.3) is 10.2 Å². The standard InChI is InChI=1S/C28H27N5O3S/c1-16-14-20(36-19-8-3-2-4-9-19)10-11-21(16)33-22-12-13-30-27-23(22)24(32-28(33)35)25(37-27)26(34)31-18-7-5-6-17(29)15-18/h2-4,8-14,17-18H,5-7,15,29H2,1H3,(H,31,34)(H,32,35)/t17-,18-/m1/s1. The molecular weight excluding hydrogens is 486 g/mol. The van der Waals surface area contributed by atoms with E-state index in [1.807, 2.05) is 61.5 Å². The number of nitrogens with zero attached hydrogens (tertiary/aromatic N) is 2. The van der Waals surface area contributed by atoms with Crippen LogP contribution in [-0.4, -0.2) is 29.0 Å². The van der Waals surface area contributed by atoms with E-state index >= 15 is 0 Å². The van der Waals surface area contributed by atoms with Gasteiger partial charge in [-0.05, 0) is 74.6 Å². The fraction of sp³-hybridized carbons (Fsp3) is 0.250. The Hall–Kier alpha value is -3.95. The van der Waals surface area contributed by atoms with Crippen molar-refractivity contribution in [3.05, 3.63) is 71.2 Å². The largest absolute Gasteiger partial charge is 0.457 e. The number of carbonyl (C=O) groups excluding carboxylic acids is 2. The number of hydrogen-bond acceptors (Lipinski definition) is 6. The van der Waals surface area contributed by atoms with E-state index in [1.165, 1.54) is 11.3 Å². The fourth-order valence-electron chi connectivity index (χ4n) is 5.16. The number of anilines is 3. The van der Waals surface area contributed by atoms with Crippen LogP contribution >= 0.6 is 11.3 Å². The Morgan fingerprint density at radius 1 is 1.14 bits per heavy atom. The highest BCUT2D eigenvalue weighted by atomic mass is 32.1. The third-order valence-corrected chi connectivity index (χ3v) is 7.99. The number of para-hydroxylation sites is 1. The molecule has 2 aromatic heterocycles. The number of amides is 3. The maximum Gasteiger partial charge on any atom is 0.331 e. The van der Waals surface area contributed by atoms with Crippen LogP contribution in [0.15, 0.2) is 60.8 Å². The van der Waals surface area contributed by atoms with Crippen molar-refractivity contribution in [2.24, 2.45) is 5.73 Å². The van der Waals surface area contributed by atoms with Gasteiger partial charge in [0.2, 0.25) is 0 Å². The molecule has 0 radical (unpaired) electrons. The van der Waals surface area contributed by atoms with E-state index in [1.54, 1.807) is 11.1 Å². The lowest BCUT2D eigenvalue weighted by Gasteiger charge is -2.30. The van der Waals surface area contributed by atoms with Crippen LogP contribution in [-0.2, 0) is 0 Å². The van der Waals surface area contributed by atoms with Gasteiger partial charge < -0.3 is 21.1 Å². The highest BCUT2D eigenvalue weighted by Crippen LogP contribution is 2.46. The van der Waals surface area contributed by atoms with Gasteiger partial charge in [-0.3, -0.25) is 9.69 Å². The predicted molar refractivity (Wildman–Crippen MR) is 146 cm³/mol. The van der Waals surface area contributed by atoms with Crippen LogP contribution < -0.4 is 26.0 Å². The molecule has 37 heavy (non-hydrogen) atoms. The summed E-state index contributed by atoms with van der Waals surface area (Å²) in [5.41, 5.74) is 8.92. The molecule has 3 heterocycles. The van der Waals surface area contributed by atoms with Gasteiger partial charge in [0.15, 0.2) is 0 Å². The molecule has 1 fully saturated rings. The van der Waals surface area contributed by atoms with E-state index in [0.29, 0.717) is 26.8 Å². The van der Waals surface area contributed by atoms with E-state index in [-0.39, 0.29) is 24.0 Å². The Bertz CT molecular complexity index is 1500. The smallest absolute Gasteiger partial charge is 0.331 e. The summed E-state index contributed by atoms with van der Waals surface area (Å²) in [5.74, 6) is 1.22. The number of nitrogens with one attached hydrogen (secondary N) is 2. The number of carbonyl (C=O) groups is 2. The summed E-state index contributed by atoms with van der Waals surface area (Å²) in [6.45, 7) is 1.94. The number of urea groups is 1. The summed E-state index contributed by atoms with van der Waals surface area (Å²) in [6.07, 6.45) is 5.33. The zero-order valence-electron chi connectivity index (χ0n) is 20.4. The molecule has 1 aliphatic carbocycles. The average molecular weight is 514 g/mol. The SMILES string of the molecule is Cc1cc(Oc2ccccc2)ccc1N1C(=O)Nc2c(C(=O)N[C@@H]3CCC[C@@H](N)C3)sc3nccc1c23. The van der Waals surface area contributed by atoms with Crippen molar-refractivity contribution >= 4 is 50.6 Å². The van der Waals surface area contributed by atoms with E-state index < -0.39 is 0 Å². The number of benzene rings is 2. The molecule has 0 saturated heterocycles. The molecule has 2 aliphatic rings. The molecule has 8 nitrogen and oxygen atoms in total. The zero-order chi connectivity index (χ0) is 25.5. The summed E-state index contributed by atoms with van der Waals surface area (Å²) in [7, 11) is 0. The van der Waals surface area contributed by atoms with Crippen molar-refractivity contribution in [3.8, 4) is 11.5 Å². The van der Waals surface area contributed by atoms with Crippen molar-refractivity contribution in [3.63, 3.8) is 0 Å². The van der Waals surface area contributed by atoms with Gasteiger partial charge in [-0.15, -0.1) is 11.3 Å². The molecule has 4 aromatic rings. The molecule has 1 saturated carbocycles. The lowest BCUT2D eigenvalue weighted by atomic mass is 9.91. The maximum absolute atomic E-state index is 13.5. The third-order valence-electron chi connectivity index (χ3n) is 6.89. The van der Waals surface area contributed by atoms with Gasteiger partial charge in [0, 0.05) is 18.3 Å². The maximum atomic E-state index is 13.5. The van der Waals surface area contributed by atoms with Crippen molar-refractivity contribution in [2.45, 2.75) is 44.7 Å². The first-order valence-corrected chi connectivity index (χ1v) is 13.2. The zero-order valence-corrected chi connectivity index (χ0v) is 21.2. The van der Waals surface area contributed by atoms with Crippen LogP contribution in [0.4, 0.5) is 21.9 Å². The van der Waals surface area contributed by atoms with Gasteiger partial charge in [0.05, 0.1) is 22.4 Å². The Kier molecular flexibility index (Phi) is 6.02. The highest BCUT2D eigenvalue weighted by molar-refractivity contribution is 7.21. The van der Waals surface area contributed by atoms with Crippen LogP contribution in [0.1, 0.15) is 40.9 Å². The summed E-state index contributed by atoms with van der Waals surface area (Å²) >= 11 is 1.29. The van der Waals surface area contributed by atoms with Gasteiger partial charge in [-0.2, -0.15) is 0 Å². The minimum atomic E-state index is -0.327. The second kappa shape index (κ2) is 9.49. The number of ether oxygens (including phenoxy) is 1. The van der Waals surface area contributed by atoms with Gasteiger partial charge in [-0.1, -0.05) is 18.2 Å². The Labute approximate surface area is 218 Å². The van der Waals surface area contributed by atoms with E-state index in [2.05, 4.69) is 15.6 Å². The molecule has 9 heteroatoms. The molecule has 188 valence electrons. The summed E-state index contributed by atoms with van der Waals surface area (Å²) in [6, 6.07) is 16.8. The second-order valence-electron chi connectivity index (χ2n) is 9.54. The molecule has 0 unspecified atom stereocenters. The van der Waals surface area contributed by atoms with Gasteiger partial charge >= 0.3 is 6.03 Å². The number of thiophene rings is 1. The molecule has 0 spiro atoms. The normalized spacial score (nSPS) is 19.0. The fourth-order valence-corrected chi connectivity index (χ4v) is 6.18. The van der Waals surface area contributed by atoms with E-state index in [0.717, 1.165) is 48.1 Å². The summed E-state index contributed by atoms with van der Waals surface area (Å²) in [5, 5.41) is 6.86. The van der Waals surface area contributed by atoms with Crippen molar-refractivity contribution < 1.29 is 14.3 Å². The number of hydrogen-bond donors (Lipinski definition) is 3. The van der Waals surface area contributed by atoms with E-state index in [4.69, 9.17) is 10.5 Å². The quantitative estimate of drug-likeness (QED) is 0.300. The number of nitrogens with two attached hydrogens (primary N) is 1. The number of pyridine rings is 1. The Balaban J connectivity index is 1.33. The minimum absolute atomic E-state index is 0.0381. The summed E-state index contributed by atoms with van der Waals surface area (Å²) in [4.78, 5) is 34.0. The van der Waals surface area contributed by atoms with E-state index in [9.17, 15) is 9.59 Å². The molecule has 6 rings (SSSR count). The molecule has 0 bridgehead atoms. The molecule has 2 atom stereocenters. The van der Waals surface area contributed by atoms with Crippen molar-refractivity contribution in [2.75, 3.05) is 10.2 Å².